The van der Waals surface area contributed by atoms with Gasteiger partial charge in [0, 0.05) is 0 Å². The summed E-state index contributed by atoms with van der Waals surface area (Å²) in [6.45, 7) is 3.59. The van der Waals surface area contributed by atoms with Crippen molar-refractivity contribution in [3.8, 4) is 0 Å². The summed E-state index contributed by atoms with van der Waals surface area (Å²) in [7, 11) is 0. The Morgan fingerprint density at radius 3 is 2.82 bits per heavy atom. The van der Waals surface area contributed by atoms with Gasteiger partial charge in [-0.3, -0.25) is 4.84 Å². The van der Waals surface area contributed by atoms with E-state index in [4.69, 9.17) is 5.11 Å². The van der Waals surface area contributed by atoms with Gasteiger partial charge in [-0.25, -0.2) is 4.79 Å². The van der Waals surface area contributed by atoms with Crippen LogP contribution in [0.3, 0.4) is 0 Å². The van der Waals surface area contributed by atoms with Crippen LogP contribution in [0.15, 0.2) is 0 Å². The molecule has 0 aromatic rings. The van der Waals surface area contributed by atoms with Gasteiger partial charge in [-0.15, -0.1) is 0 Å². The molecule has 1 amide bonds. The van der Waals surface area contributed by atoms with Crippen LogP contribution in [0.5, 0.6) is 0 Å². The molecule has 0 saturated carbocycles. The van der Waals surface area contributed by atoms with Crippen molar-refractivity contribution in [2.24, 2.45) is 0 Å². The summed E-state index contributed by atoms with van der Waals surface area (Å²) in [6.07, 6.45) is -1.25. The Bertz CT molecular complexity index is 115. The van der Waals surface area contributed by atoms with E-state index in [9.17, 15) is 4.79 Å². The minimum absolute atomic E-state index is 0.0544. The van der Waals surface area contributed by atoms with E-state index in [0.717, 1.165) is 0 Å². The zero-order valence-electron chi connectivity index (χ0n) is 6.66. The normalized spacial score (nSPS) is 12.3. The Hall–Kier alpha value is -0.810. The van der Waals surface area contributed by atoms with Gasteiger partial charge in [-0.05, 0) is 13.8 Å². The molecule has 1 unspecified atom stereocenters. The highest BCUT2D eigenvalue weighted by Gasteiger charge is 2.00. The molecule has 0 aliphatic heterocycles. The quantitative estimate of drug-likeness (QED) is 0.574. The van der Waals surface area contributed by atoms with Gasteiger partial charge in [-0.1, -0.05) is 0 Å². The van der Waals surface area contributed by atoms with Gasteiger partial charge >= 0.3 is 6.09 Å². The summed E-state index contributed by atoms with van der Waals surface area (Å²) < 4.78 is 4.47. The minimum atomic E-state index is -0.645. The third-order valence-corrected chi connectivity index (χ3v) is 0.755. The van der Waals surface area contributed by atoms with Crippen molar-refractivity contribution < 1.29 is 19.5 Å². The van der Waals surface area contributed by atoms with Crippen molar-refractivity contribution in [3.63, 3.8) is 0 Å². The summed E-state index contributed by atoms with van der Waals surface area (Å²) in [6, 6.07) is 0. The van der Waals surface area contributed by atoms with Crippen molar-refractivity contribution >= 4 is 6.09 Å². The lowest BCUT2D eigenvalue weighted by atomic mass is 10.5. The van der Waals surface area contributed by atoms with Crippen LogP contribution in [-0.2, 0) is 9.57 Å². The van der Waals surface area contributed by atoms with Crippen LogP contribution in [0.1, 0.15) is 13.8 Å². The predicted molar refractivity (Wildman–Crippen MR) is 37.8 cm³/mol. The van der Waals surface area contributed by atoms with Gasteiger partial charge in [0.05, 0.1) is 12.7 Å². The molecule has 0 spiro atoms. The second kappa shape index (κ2) is 5.94. The fourth-order valence-electron chi connectivity index (χ4n) is 0.382. The first-order valence-electron chi connectivity index (χ1n) is 3.39. The zero-order chi connectivity index (χ0) is 8.69. The van der Waals surface area contributed by atoms with Crippen LogP contribution in [0.4, 0.5) is 4.79 Å². The number of nitrogens with one attached hydrogen (secondary N) is 1. The van der Waals surface area contributed by atoms with E-state index >= 15 is 0 Å². The second-order valence-corrected chi connectivity index (χ2v) is 1.98. The average molecular weight is 163 g/mol. The van der Waals surface area contributed by atoms with E-state index in [1.54, 1.807) is 13.8 Å². The molecule has 0 aliphatic rings. The number of aliphatic hydroxyl groups is 1. The zero-order valence-corrected chi connectivity index (χ0v) is 6.66. The van der Waals surface area contributed by atoms with E-state index in [2.05, 4.69) is 9.57 Å². The summed E-state index contributed by atoms with van der Waals surface area (Å²) in [4.78, 5) is 15.0. The molecule has 0 rings (SSSR count). The van der Waals surface area contributed by atoms with E-state index in [-0.39, 0.29) is 6.61 Å². The van der Waals surface area contributed by atoms with Crippen LogP contribution >= 0.6 is 0 Å². The lowest BCUT2D eigenvalue weighted by Gasteiger charge is -2.06. The van der Waals surface area contributed by atoms with Crippen LogP contribution in [0.25, 0.3) is 0 Å². The van der Waals surface area contributed by atoms with Crippen molar-refractivity contribution in [2.75, 3.05) is 13.2 Å². The van der Waals surface area contributed by atoms with Gasteiger partial charge in [0.1, 0.15) is 6.61 Å². The molecule has 0 bridgehead atoms. The number of hydroxylamine groups is 1. The largest absolute Gasteiger partial charge is 0.448 e. The summed E-state index contributed by atoms with van der Waals surface area (Å²) in [5.74, 6) is 0. The first-order valence-corrected chi connectivity index (χ1v) is 3.39. The monoisotopic (exact) mass is 163 g/mol. The highest BCUT2D eigenvalue weighted by Crippen LogP contribution is 1.80. The molecule has 0 fully saturated rings. The third kappa shape index (κ3) is 7.08. The molecule has 0 heterocycles. The number of aliphatic hydroxyl groups excluding tert-OH is 1. The van der Waals surface area contributed by atoms with Crippen molar-refractivity contribution in [1.82, 2.24) is 5.48 Å². The third-order valence-electron chi connectivity index (χ3n) is 0.755. The van der Waals surface area contributed by atoms with Crippen molar-refractivity contribution in [2.45, 2.75) is 20.0 Å². The first kappa shape index (κ1) is 10.2. The van der Waals surface area contributed by atoms with Crippen LogP contribution in [0.2, 0.25) is 0 Å². The fourth-order valence-corrected chi connectivity index (χ4v) is 0.382. The Balaban J connectivity index is 3.17. The van der Waals surface area contributed by atoms with E-state index in [1.807, 2.05) is 5.48 Å². The molecule has 66 valence electrons. The molecule has 5 heteroatoms. The number of carbonyl (C=O) groups is 1. The Kier molecular flexibility index (Phi) is 5.50. The van der Waals surface area contributed by atoms with Crippen molar-refractivity contribution in [3.05, 3.63) is 0 Å². The molecule has 0 aromatic heterocycles. The highest BCUT2D eigenvalue weighted by atomic mass is 16.7. The SMILES string of the molecule is CCOC(=O)NOCC(C)O. The van der Waals surface area contributed by atoms with Gasteiger partial charge in [0.15, 0.2) is 0 Å². The van der Waals surface area contributed by atoms with Crippen LogP contribution in [0, 0.1) is 0 Å². The number of hydrogen-bond donors (Lipinski definition) is 2. The number of rotatable bonds is 4. The molecule has 1 atom stereocenters. The predicted octanol–water partition coefficient (Wildman–Crippen LogP) is 0.0449. The highest BCUT2D eigenvalue weighted by molar-refractivity contribution is 5.65. The average Bonchev–Trinajstić information content (AvgIpc) is 1.87. The molecule has 0 radical (unpaired) electrons. The topological polar surface area (TPSA) is 67.8 Å². The molecule has 0 saturated heterocycles. The van der Waals surface area contributed by atoms with Crippen molar-refractivity contribution in [1.29, 1.82) is 0 Å². The number of hydrogen-bond acceptors (Lipinski definition) is 4. The first-order chi connectivity index (χ1) is 5.16. The maximum atomic E-state index is 10.5. The lowest BCUT2D eigenvalue weighted by Crippen LogP contribution is -2.27. The van der Waals surface area contributed by atoms with Gasteiger partial charge < -0.3 is 9.84 Å². The van der Waals surface area contributed by atoms with Crippen LogP contribution in [-0.4, -0.2) is 30.5 Å². The second-order valence-electron chi connectivity index (χ2n) is 1.98. The Morgan fingerprint density at radius 2 is 2.36 bits per heavy atom. The summed E-state index contributed by atoms with van der Waals surface area (Å²) in [5.41, 5.74) is 1.99. The van der Waals surface area contributed by atoms with E-state index in [1.165, 1.54) is 0 Å². The molecular weight excluding hydrogens is 150 g/mol. The van der Waals surface area contributed by atoms with Gasteiger partial charge in [0.2, 0.25) is 0 Å². The molecule has 2 N–H and O–H groups in total. The number of ether oxygens (including phenoxy) is 1. The van der Waals surface area contributed by atoms with E-state index < -0.39 is 12.2 Å². The summed E-state index contributed by atoms with van der Waals surface area (Å²) >= 11 is 0. The molecule has 0 aliphatic carbocycles. The fraction of sp³-hybridized carbons (Fsp3) is 0.833. The van der Waals surface area contributed by atoms with Gasteiger partial charge in [-0.2, -0.15) is 5.48 Å². The maximum Gasteiger partial charge on any atom is 0.431 e. The lowest BCUT2D eigenvalue weighted by molar-refractivity contribution is -0.0122. The standard InChI is InChI=1S/C6H13NO4/c1-3-10-6(9)7-11-4-5(2)8/h5,8H,3-4H2,1-2H3,(H,7,9). The number of amides is 1. The molecular formula is C6H13NO4. The molecule has 0 aromatic carbocycles. The summed E-state index contributed by atoms with van der Waals surface area (Å²) in [5, 5.41) is 8.68. The minimum Gasteiger partial charge on any atom is -0.448 e. The van der Waals surface area contributed by atoms with Gasteiger partial charge in [0.25, 0.3) is 0 Å². The Morgan fingerprint density at radius 1 is 1.73 bits per heavy atom. The maximum absolute atomic E-state index is 10.5. The van der Waals surface area contributed by atoms with E-state index in [0.29, 0.717) is 6.61 Å². The smallest absolute Gasteiger partial charge is 0.431 e. The molecule has 5 nitrogen and oxygen atoms in total. The molecule has 11 heavy (non-hydrogen) atoms. The van der Waals surface area contributed by atoms with Crippen LogP contribution < -0.4 is 5.48 Å². The Labute approximate surface area is 65.3 Å². The number of carbonyl (C=O) groups excluding carboxylic acids is 1.